The van der Waals surface area contributed by atoms with Gasteiger partial charge in [-0.25, -0.2) is 4.39 Å². The van der Waals surface area contributed by atoms with Gasteiger partial charge < -0.3 is 16.4 Å². The third kappa shape index (κ3) is 5.65. The SMILES string of the molecule is CNC(=O)[C@H](CNC(=O)C[C@H](N)Cc1ccccc1F)c1ccsc1. The van der Waals surface area contributed by atoms with Crippen LogP contribution < -0.4 is 16.4 Å². The maximum absolute atomic E-state index is 13.6. The van der Waals surface area contributed by atoms with Crippen LogP contribution in [-0.4, -0.2) is 31.4 Å². The Bertz CT molecular complexity index is 706. The van der Waals surface area contributed by atoms with Gasteiger partial charge >= 0.3 is 0 Å². The summed E-state index contributed by atoms with van der Waals surface area (Å²) in [5.41, 5.74) is 7.31. The van der Waals surface area contributed by atoms with Gasteiger partial charge in [-0.2, -0.15) is 11.3 Å². The summed E-state index contributed by atoms with van der Waals surface area (Å²) in [6, 6.07) is 7.75. The third-order valence-electron chi connectivity index (χ3n) is 3.90. The van der Waals surface area contributed by atoms with Gasteiger partial charge in [-0.1, -0.05) is 18.2 Å². The number of likely N-dealkylation sites (N-methyl/N-ethyl adjacent to an activating group) is 1. The van der Waals surface area contributed by atoms with E-state index in [9.17, 15) is 14.0 Å². The van der Waals surface area contributed by atoms with Gasteiger partial charge in [-0.15, -0.1) is 0 Å². The van der Waals surface area contributed by atoms with E-state index in [1.165, 1.54) is 17.4 Å². The lowest BCUT2D eigenvalue weighted by atomic mass is 10.0. The summed E-state index contributed by atoms with van der Waals surface area (Å²) >= 11 is 1.50. The highest BCUT2D eigenvalue weighted by atomic mass is 32.1. The number of thiophene rings is 1. The highest BCUT2D eigenvalue weighted by molar-refractivity contribution is 7.08. The molecule has 4 N–H and O–H groups in total. The highest BCUT2D eigenvalue weighted by Crippen LogP contribution is 2.18. The Morgan fingerprint density at radius 1 is 1.28 bits per heavy atom. The quantitative estimate of drug-likeness (QED) is 0.669. The van der Waals surface area contributed by atoms with Crippen molar-refractivity contribution in [1.29, 1.82) is 0 Å². The number of amides is 2. The van der Waals surface area contributed by atoms with Crippen molar-refractivity contribution in [2.75, 3.05) is 13.6 Å². The molecule has 0 unspecified atom stereocenters. The molecule has 7 heteroatoms. The van der Waals surface area contributed by atoms with Gasteiger partial charge in [0, 0.05) is 26.1 Å². The van der Waals surface area contributed by atoms with Crippen LogP contribution in [0.25, 0.3) is 0 Å². The number of hydrogen-bond acceptors (Lipinski definition) is 4. The molecule has 1 aromatic heterocycles. The molecule has 2 atom stereocenters. The largest absolute Gasteiger partial charge is 0.359 e. The Labute approximate surface area is 150 Å². The van der Waals surface area contributed by atoms with Gasteiger partial charge in [0.25, 0.3) is 0 Å². The summed E-state index contributed by atoms with van der Waals surface area (Å²) in [6.07, 6.45) is 0.349. The first kappa shape index (κ1) is 19.1. The Balaban J connectivity index is 1.86. The van der Waals surface area contributed by atoms with E-state index in [4.69, 9.17) is 5.73 Å². The van der Waals surface area contributed by atoms with Crippen LogP contribution in [0.5, 0.6) is 0 Å². The van der Waals surface area contributed by atoms with Crippen molar-refractivity contribution in [3.05, 3.63) is 58.0 Å². The van der Waals surface area contributed by atoms with Crippen LogP contribution in [0.2, 0.25) is 0 Å². The molecule has 0 aliphatic carbocycles. The average Bonchev–Trinajstić information content (AvgIpc) is 3.11. The van der Waals surface area contributed by atoms with E-state index in [1.54, 1.807) is 25.2 Å². The average molecular weight is 363 g/mol. The monoisotopic (exact) mass is 363 g/mol. The Morgan fingerprint density at radius 2 is 2.04 bits per heavy atom. The van der Waals surface area contributed by atoms with Gasteiger partial charge in [-0.3, -0.25) is 9.59 Å². The standard InChI is InChI=1S/C18H22FN3O2S/c1-21-18(24)15(13-6-7-25-11-13)10-22-17(23)9-14(20)8-12-4-2-3-5-16(12)19/h2-7,11,14-15H,8-10,20H2,1H3,(H,21,24)(H,22,23)/t14-,15-/m1/s1. The van der Waals surface area contributed by atoms with Crippen LogP contribution in [-0.2, 0) is 16.0 Å². The molecule has 1 heterocycles. The number of carbonyl (C=O) groups is 2. The third-order valence-corrected chi connectivity index (χ3v) is 4.60. The number of benzene rings is 1. The second-order valence-electron chi connectivity index (χ2n) is 5.79. The molecule has 0 saturated heterocycles. The minimum Gasteiger partial charge on any atom is -0.359 e. The number of rotatable bonds is 8. The molecular weight excluding hydrogens is 341 g/mol. The van der Waals surface area contributed by atoms with E-state index in [0.717, 1.165) is 5.56 Å². The predicted octanol–water partition coefficient (Wildman–Crippen LogP) is 1.79. The number of halogens is 1. The molecule has 0 fully saturated rings. The normalized spacial score (nSPS) is 13.1. The lowest BCUT2D eigenvalue weighted by molar-refractivity contribution is -0.123. The van der Waals surface area contributed by atoms with Gasteiger partial charge in [-0.05, 0) is 40.4 Å². The summed E-state index contributed by atoms with van der Waals surface area (Å²) in [5.74, 6) is -1.18. The van der Waals surface area contributed by atoms with E-state index in [1.807, 2.05) is 16.8 Å². The molecule has 0 saturated carbocycles. The topological polar surface area (TPSA) is 84.2 Å². The lowest BCUT2D eigenvalue weighted by Crippen LogP contribution is -2.38. The predicted molar refractivity (Wildman–Crippen MR) is 96.8 cm³/mol. The summed E-state index contributed by atoms with van der Waals surface area (Å²) in [6.45, 7) is 0.196. The molecule has 25 heavy (non-hydrogen) atoms. The zero-order chi connectivity index (χ0) is 18.2. The van der Waals surface area contributed by atoms with Crippen LogP contribution in [0.3, 0.4) is 0 Å². The Kier molecular flexibility index (Phi) is 7.09. The lowest BCUT2D eigenvalue weighted by Gasteiger charge is -2.17. The molecule has 0 bridgehead atoms. The van der Waals surface area contributed by atoms with Crippen molar-refractivity contribution in [1.82, 2.24) is 10.6 Å². The van der Waals surface area contributed by atoms with Crippen molar-refractivity contribution >= 4 is 23.2 Å². The molecule has 0 aliphatic heterocycles. The summed E-state index contributed by atoms with van der Waals surface area (Å²) in [5, 5.41) is 9.12. The van der Waals surface area contributed by atoms with Crippen LogP contribution in [0.1, 0.15) is 23.5 Å². The Hall–Kier alpha value is -2.25. The second kappa shape index (κ2) is 9.29. The van der Waals surface area contributed by atoms with E-state index >= 15 is 0 Å². The van der Waals surface area contributed by atoms with Gasteiger partial charge in [0.15, 0.2) is 0 Å². The zero-order valence-electron chi connectivity index (χ0n) is 14.0. The first-order valence-corrected chi connectivity index (χ1v) is 8.95. The number of hydrogen-bond donors (Lipinski definition) is 3. The van der Waals surface area contributed by atoms with Crippen molar-refractivity contribution in [3.8, 4) is 0 Å². The van der Waals surface area contributed by atoms with Gasteiger partial charge in [0.1, 0.15) is 5.82 Å². The molecular formula is C18H22FN3O2S. The van der Waals surface area contributed by atoms with Crippen LogP contribution in [0, 0.1) is 5.82 Å². The first-order valence-electron chi connectivity index (χ1n) is 8.00. The molecule has 0 aliphatic rings. The molecule has 5 nitrogen and oxygen atoms in total. The molecule has 2 aromatic rings. The van der Waals surface area contributed by atoms with E-state index < -0.39 is 12.0 Å². The van der Waals surface area contributed by atoms with Crippen molar-refractivity contribution in [2.24, 2.45) is 5.73 Å². The van der Waals surface area contributed by atoms with Crippen molar-refractivity contribution in [2.45, 2.75) is 24.8 Å². The summed E-state index contributed by atoms with van der Waals surface area (Å²) in [7, 11) is 1.56. The van der Waals surface area contributed by atoms with Gasteiger partial charge in [0.2, 0.25) is 11.8 Å². The highest BCUT2D eigenvalue weighted by Gasteiger charge is 2.21. The fourth-order valence-electron chi connectivity index (χ4n) is 2.55. The fourth-order valence-corrected chi connectivity index (χ4v) is 3.27. The fraction of sp³-hybridized carbons (Fsp3) is 0.333. The van der Waals surface area contributed by atoms with Crippen molar-refractivity contribution < 1.29 is 14.0 Å². The zero-order valence-corrected chi connectivity index (χ0v) is 14.8. The Morgan fingerprint density at radius 3 is 2.68 bits per heavy atom. The van der Waals surface area contributed by atoms with Crippen LogP contribution in [0.15, 0.2) is 41.1 Å². The molecule has 1 aromatic carbocycles. The minimum absolute atomic E-state index is 0.0679. The molecule has 0 radical (unpaired) electrons. The van der Waals surface area contributed by atoms with E-state index in [2.05, 4.69) is 10.6 Å². The smallest absolute Gasteiger partial charge is 0.229 e. The molecule has 0 spiro atoms. The molecule has 134 valence electrons. The minimum atomic E-state index is -0.489. The van der Waals surface area contributed by atoms with Gasteiger partial charge in [0.05, 0.1) is 5.92 Å². The maximum Gasteiger partial charge on any atom is 0.229 e. The summed E-state index contributed by atoms with van der Waals surface area (Å²) in [4.78, 5) is 24.1. The first-order chi connectivity index (χ1) is 12.0. The van der Waals surface area contributed by atoms with E-state index in [0.29, 0.717) is 5.56 Å². The molecule has 2 amide bonds. The number of nitrogens with one attached hydrogen (secondary N) is 2. The van der Waals surface area contributed by atoms with Crippen LogP contribution in [0.4, 0.5) is 4.39 Å². The molecule has 2 rings (SSSR count). The number of carbonyl (C=O) groups excluding carboxylic acids is 2. The van der Waals surface area contributed by atoms with Crippen molar-refractivity contribution in [3.63, 3.8) is 0 Å². The van der Waals surface area contributed by atoms with E-state index in [-0.39, 0.29) is 37.0 Å². The van der Waals surface area contributed by atoms with Crippen LogP contribution >= 0.6 is 11.3 Å². The number of nitrogens with two attached hydrogens (primary N) is 1. The maximum atomic E-state index is 13.6. The second-order valence-corrected chi connectivity index (χ2v) is 6.57. The summed E-state index contributed by atoms with van der Waals surface area (Å²) < 4.78 is 13.6.